The van der Waals surface area contributed by atoms with Gasteiger partial charge in [-0.2, -0.15) is 0 Å². The molecule has 1 nitrogen and oxygen atoms in total. The van der Waals surface area contributed by atoms with Crippen LogP contribution in [0.4, 0.5) is 0 Å². The van der Waals surface area contributed by atoms with Crippen LogP contribution in [-0.4, -0.2) is 10.7 Å². The minimum Gasteiger partial charge on any atom is -0.390 e. The third-order valence-corrected chi connectivity index (χ3v) is 3.12. The lowest BCUT2D eigenvalue weighted by Gasteiger charge is -2.20. The van der Waals surface area contributed by atoms with E-state index in [0.717, 1.165) is 18.8 Å². The highest BCUT2D eigenvalue weighted by atomic mass is 16.3. The molecule has 2 unspecified atom stereocenters. The van der Waals surface area contributed by atoms with Crippen molar-refractivity contribution in [3.8, 4) is 0 Å². The summed E-state index contributed by atoms with van der Waals surface area (Å²) in [4.78, 5) is 0. The molecule has 0 aromatic rings. The number of hydrogen-bond acceptors (Lipinski definition) is 1. The molecule has 1 aliphatic rings. The van der Waals surface area contributed by atoms with Crippen molar-refractivity contribution in [1.29, 1.82) is 0 Å². The van der Waals surface area contributed by atoms with E-state index >= 15 is 0 Å². The summed E-state index contributed by atoms with van der Waals surface area (Å²) in [6.07, 6.45) is 8.47. The first-order chi connectivity index (χ1) is 5.64. The van der Waals surface area contributed by atoms with Gasteiger partial charge >= 0.3 is 0 Å². The topological polar surface area (TPSA) is 20.2 Å². The zero-order chi connectivity index (χ0) is 9.03. The molecule has 0 amide bonds. The summed E-state index contributed by atoms with van der Waals surface area (Å²) in [6, 6.07) is 0. The lowest BCUT2D eigenvalue weighted by Crippen LogP contribution is -2.22. The van der Waals surface area contributed by atoms with Crippen molar-refractivity contribution in [2.45, 2.75) is 64.4 Å². The molecule has 0 aromatic carbocycles. The molecule has 72 valence electrons. The summed E-state index contributed by atoms with van der Waals surface area (Å²) in [5, 5.41) is 9.84. The van der Waals surface area contributed by atoms with Crippen LogP contribution in [0.1, 0.15) is 58.8 Å². The van der Waals surface area contributed by atoms with Crippen molar-refractivity contribution < 1.29 is 5.11 Å². The summed E-state index contributed by atoms with van der Waals surface area (Å²) in [5.41, 5.74) is -0.359. The minimum atomic E-state index is -0.359. The van der Waals surface area contributed by atoms with E-state index in [0.29, 0.717) is 0 Å². The third-order valence-electron chi connectivity index (χ3n) is 3.12. The van der Waals surface area contributed by atoms with E-state index in [-0.39, 0.29) is 5.60 Å². The molecule has 1 N–H and O–H groups in total. The van der Waals surface area contributed by atoms with Crippen LogP contribution in [0.3, 0.4) is 0 Å². The van der Waals surface area contributed by atoms with Crippen molar-refractivity contribution in [2.24, 2.45) is 5.92 Å². The van der Waals surface area contributed by atoms with Crippen molar-refractivity contribution in [3.63, 3.8) is 0 Å². The molecule has 0 aromatic heterocycles. The Balaban J connectivity index is 2.34. The van der Waals surface area contributed by atoms with Crippen molar-refractivity contribution in [1.82, 2.24) is 0 Å². The number of aliphatic hydroxyl groups is 1. The molecule has 0 heterocycles. The van der Waals surface area contributed by atoms with Gasteiger partial charge in [0, 0.05) is 0 Å². The molecule has 1 fully saturated rings. The Hall–Kier alpha value is -0.0400. The van der Waals surface area contributed by atoms with E-state index in [1.165, 1.54) is 32.1 Å². The highest BCUT2D eigenvalue weighted by molar-refractivity contribution is 4.78. The molecule has 1 aliphatic carbocycles. The molecular weight excluding hydrogens is 148 g/mol. The molecule has 0 bridgehead atoms. The highest BCUT2D eigenvalue weighted by Crippen LogP contribution is 2.31. The van der Waals surface area contributed by atoms with E-state index in [4.69, 9.17) is 0 Å². The fourth-order valence-corrected chi connectivity index (χ4v) is 2.25. The van der Waals surface area contributed by atoms with Gasteiger partial charge in [-0.25, -0.2) is 0 Å². The van der Waals surface area contributed by atoms with Crippen LogP contribution < -0.4 is 0 Å². The second kappa shape index (κ2) is 4.27. The largest absolute Gasteiger partial charge is 0.390 e. The molecule has 0 saturated heterocycles. The summed E-state index contributed by atoms with van der Waals surface area (Å²) in [6.45, 7) is 4.24. The maximum Gasteiger partial charge on any atom is 0.0619 e. The van der Waals surface area contributed by atoms with Crippen LogP contribution in [0.2, 0.25) is 0 Å². The van der Waals surface area contributed by atoms with Gasteiger partial charge in [-0.05, 0) is 32.1 Å². The summed E-state index contributed by atoms with van der Waals surface area (Å²) < 4.78 is 0. The standard InChI is InChI=1S/C11H22O/c1-3-5-10-6-4-8-11(2,12)9-7-10/h10,12H,3-9H2,1-2H3. The first-order valence-electron chi connectivity index (χ1n) is 5.36. The predicted octanol–water partition coefficient (Wildman–Crippen LogP) is 3.12. The quantitative estimate of drug-likeness (QED) is 0.631. The Morgan fingerprint density at radius 1 is 1.33 bits per heavy atom. The lowest BCUT2D eigenvalue weighted by atomic mass is 9.93. The molecule has 1 heteroatoms. The monoisotopic (exact) mass is 170 g/mol. The van der Waals surface area contributed by atoms with E-state index in [1.807, 2.05) is 6.92 Å². The first-order valence-corrected chi connectivity index (χ1v) is 5.36. The van der Waals surface area contributed by atoms with Crippen LogP contribution in [0.15, 0.2) is 0 Å². The van der Waals surface area contributed by atoms with E-state index < -0.39 is 0 Å². The van der Waals surface area contributed by atoms with Gasteiger partial charge in [0.15, 0.2) is 0 Å². The average Bonchev–Trinajstić information content (AvgIpc) is 2.14. The van der Waals surface area contributed by atoms with Gasteiger partial charge in [0.1, 0.15) is 0 Å². The molecule has 1 rings (SSSR count). The zero-order valence-corrected chi connectivity index (χ0v) is 8.47. The van der Waals surface area contributed by atoms with Gasteiger partial charge in [0.25, 0.3) is 0 Å². The first kappa shape index (κ1) is 10.0. The Kier molecular flexibility index (Phi) is 3.57. The van der Waals surface area contributed by atoms with Gasteiger partial charge in [-0.3, -0.25) is 0 Å². The Morgan fingerprint density at radius 2 is 2.08 bits per heavy atom. The highest BCUT2D eigenvalue weighted by Gasteiger charge is 2.25. The molecule has 12 heavy (non-hydrogen) atoms. The maximum absolute atomic E-state index is 9.84. The Bertz CT molecular complexity index is 129. The molecule has 0 spiro atoms. The van der Waals surface area contributed by atoms with E-state index in [2.05, 4.69) is 6.92 Å². The average molecular weight is 170 g/mol. The van der Waals surface area contributed by atoms with Crippen LogP contribution in [0.5, 0.6) is 0 Å². The van der Waals surface area contributed by atoms with Crippen LogP contribution in [-0.2, 0) is 0 Å². The minimum absolute atomic E-state index is 0.359. The number of hydrogen-bond donors (Lipinski definition) is 1. The van der Waals surface area contributed by atoms with Gasteiger partial charge in [0.2, 0.25) is 0 Å². The molecule has 1 saturated carbocycles. The molecule has 2 atom stereocenters. The van der Waals surface area contributed by atoms with Crippen LogP contribution >= 0.6 is 0 Å². The van der Waals surface area contributed by atoms with Gasteiger partial charge in [-0.15, -0.1) is 0 Å². The second-order valence-corrected chi connectivity index (χ2v) is 4.58. The Morgan fingerprint density at radius 3 is 2.75 bits per heavy atom. The lowest BCUT2D eigenvalue weighted by molar-refractivity contribution is 0.0431. The third kappa shape index (κ3) is 3.14. The van der Waals surface area contributed by atoms with Gasteiger partial charge in [-0.1, -0.05) is 32.6 Å². The van der Waals surface area contributed by atoms with Gasteiger partial charge in [0.05, 0.1) is 5.60 Å². The van der Waals surface area contributed by atoms with Crippen molar-refractivity contribution >= 4 is 0 Å². The SMILES string of the molecule is CCCC1CCCC(C)(O)CC1. The fourth-order valence-electron chi connectivity index (χ4n) is 2.25. The smallest absolute Gasteiger partial charge is 0.0619 e. The fraction of sp³-hybridized carbons (Fsp3) is 1.00. The molecule has 0 aliphatic heterocycles. The van der Waals surface area contributed by atoms with Crippen molar-refractivity contribution in [3.05, 3.63) is 0 Å². The summed E-state index contributed by atoms with van der Waals surface area (Å²) in [7, 11) is 0. The number of rotatable bonds is 2. The Labute approximate surface area is 76.2 Å². The molecule has 0 radical (unpaired) electrons. The predicted molar refractivity (Wildman–Crippen MR) is 52.1 cm³/mol. The summed E-state index contributed by atoms with van der Waals surface area (Å²) in [5.74, 6) is 0.893. The van der Waals surface area contributed by atoms with Crippen molar-refractivity contribution in [2.75, 3.05) is 0 Å². The normalized spacial score (nSPS) is 37.8. The van der Waals surface area contributed by atoms with Crippen LogP contribution in [0.25, 0.3) is 0 Å². The maximum atomic E-state index is 9.84. The van der Waals surface area contributed by atoms with E-state index in [9.17, 15) is 5.11 Å². The molecular formula is C11H22O. The van der Waals surface area contributed by atoms with Gasteiger partial charge < -0.3 is 5.11 Å². The zero-order valence-electron chi connectivity index (χ0n) is 8.47. The second-order valence-electron chi connectivity index (χ2n) is 4.58. The summed E-state index contributed by atoms with van der Waals surface area (Å²) >= 11 is 0. The van der Waals surface area contributed by atoms with Crippen LogP contribution in [0, 0.1) is 5.92 Å². The van der Waals surface area contributed by atoms with E-state index in [1.54, 1.807) is 0 Å².